The Morgan fingerprint density at radius 1 is 0.900 bits per heavy atom. The van der Waals surface area contributed by atoms with Gasteiger partial charge in [-0.3, -0.25) is 4.79 Å². The van der Waals surface area contributed by atoms with Crippen LogP contribution in [0.2, 0.25) is 0 Å². The van der Waals surface area contributed by atoms with E-state index in [9.17, 15) is 4.79 Å². The number of nitrogens with zero attached hydrogens (tertiary/aromatic N) is 2. The number of rotatable bonds is 6. The van der Waals surface area contributed by atoms with Crippen LogP contribution in [0.15, 0.2) is 72.8 Å². The standard InChI is InChI=1S/C25H23N3O2/c26-17-19-3-5-20(6-4-19)21-7-13-24(14-8-21)30-18-25(29)27-22-9-11-23(12-10-22)28-15-1-2-16-28/h3-14H,1-2,15-16,18H2,(H,27,29). The molecule has 0 atom stereocenters. The lowest BCUT2D eigenvalue weighted by atomic mass is 10.0. The van der Waals surface area contributed by atoms with Gasteiger partial charge in [0.25, 0.3) is 5.91 Å². The molecule has 0 bridgehead atoms. The van der Waals surface area contributed by atoms with Crippen molar-refractivity contribution in [2.45, 2.75) is 12.8 Å². The zero-order valence-electron chi connectivity index (χ0n) is 16.7. The van der Waals surface area contributed by atoms with Crippen LogP contribution in [0.5, 0.6) is 5.75 Å². The van der Waals surface area contributed by atoms with Crippen LogP contribution >= 0.6 is 0 Å². The first-order valence-electron chi connectivity index (χ1n) is 10.1. The summed E-state index contributed by atoms with van der Waals surface area (Å²) in [5, 5.41) is 11.8. The van der Waals surface area contributed by atoms with E-state index in [-0.39, 0.29) is 12.5 Å². The molecule has 0 radical (unpaired) electrons. The molecule has 0 spiro atoms. The Kier molecular flexibility index (Phi) is 5.95. The van der Waals surface area contributed by atoms with Gasteiger partial charge in [0.1, 0.15) is 5.75 Å². The van der Waals surface area contributed by atoms with Gasteiger partial charge < -0.3 is 15.0 Å². The van der Waals surface area contributed by atoms with Crippen molar-refractivity contribution in [3.05, 3.63) is 78.4 Å². The van der Waals surface area contributed by atoms with Crippen LogP contribution in [0, 0.1) is 11.3 Å². The number of carbonyl (C=O) groups is 1. The highest BCUT2D eigenvalue weighted by molar-refractivity contribution is 5.92. The fourth-order valence-corrected chi connectivity index (χ4v) is 3.56. The molecule has 1 aliphatic heterocycles. The van der Waals surface area contributed by atoms with Crippen molar-refractivity contribution in [2.24, 2.45) is 0 Å². The number of nitrogens with one attached hydrogen (secondary N) is 1. The van der Waals surface area contributed by atoms with Gasteiger partial charge in [-0.1, -0.05) is 24.3 Å². The average molecular weight is 397 g/mol. The quantitative estimate of drug-likeness (QED) is 0.646. The first-order chi connectivity index (χ1) is 14.7. The van der Waals surface area contributed by atoms with E-state index in [1.165, 1.54) is 18.5 Å². The monoisotopic (exact) mass is 397 g/mol. The Labute approximate surface area is 176 Å². The average Bonchev–Trinajstić information content (AvgIpc) is 3.34. The van der Waals surface area contributed by atoms with Crippen LogP contribution < -0.4 is 15.0 Å². The van der Waals surface area contributed by atoms with Gasteiger partial charge in [0, 0.05) is 24.5 Å². The zero-order valence-corrected chi connectivity index (χ0v) is 16.7. The van der Waals surface area contributed by atoms with Crippen molar-refractivity contribution in [1.82, 2.24) is 0 Å². The maximum absolute atomic E-state index is 12.2. The number of benzene rings is 3. The number of anilines is 2. The number of hydrogen-bond donors (Lipinski definition) is 1. The molecule has 1 fully saturated rings. The van der Waals surface area contributed by atoms with Gasteiger partial charge in [-0.2, -0.15) is 5.26 Å². The molecule has 0 saturated carbocycles. The van der Waals surface area contributed by atoms with E-state index in [2.05, 4.69) is 16.3 Å². The maximum atomic E-state index is 12.2. The largest absolute Gasteiger partial charge is 0.484 e. The summed E-state index contributed by atoms with van der Waals surface area (Å²) in [6, 6.07) is 25.0. The topological polar surface area (TPSA) is 65.4 Å². The highest BCUT2D eigenvalue weighted by Crippen LogP contribution is 2.24. The molecule has 5 heteroatoms. The van der Waals surface area contributed by atoms with Crippen LogP contribution in [-0.2, 0) is 4.79 Å². The van der Waals surface area contributed by atoms with Crippen LogP contribution in [0.1, 0.15) is 18.4 Å². The summed E-state index contributed by atoms with van der Waals surface area (Å²) < 4.78 is 5.61. The molecule has 1 N–H and O–H groups in total. The summed E-state index contributed by atoms with van der Waals surface area (Å²) in [4.78, 5) is 14.6. The molecular weight excluding hydrogens is 374 g/mol. The predicted molar refractivity (Wildman–Crippen MR) is 119 cm³/mol. The van der Waals surface area contributed by atoms with Crippen molar-refractivity contribution < 1.29 is 9.53 Å². The van der Waals surface area contributed by atoms with E-state index >= 15 is 0 Å². The minimum absolute atomic E-state index is 0.0515. The Balaban J connectivity index is 1.28. The molecule has 150 valence electrons. The SMILES string of the molecule is N#Cc1ccc(-c2ccc(OCC(=O)Nc3ccc(N4CCCC4)cc3)cc2)cc1. The number of ether oxygens (including phenoxy) is 1. The summed E-state index contributed by atoms with van der Waals surface area (Å²) in [5.74, 6) is 0.437. The lowest BCUT2D eigenvalue weighted by Crippen LogP contribution is -2.20. The second kappa shape index (κ2) is 9.15. The van der Waals surface area contributed by atoms with E-state index in [1.54, 1.807) is 12.1 Å². The van der Waals surface area contributed by atoms with Crippen molar-refractivity contribution in [3.8, 4) is 22.9 Å². The summed E-state index contributed by atoms with van der Waals surface area (Å²) in [6.07, 6.45) is 2.48. The highest BCUT2D eigenvalue weighted by Gasteiger charge is 2.12. The van der Waals surface area contributed by atoms with Gasteiger partial charge in [-0.25, -0.2) is 0 Å². The molecule has 0 aliphatic carbocycles. The van der Waals surface area contributed by atoms with Crippen molar-refractivity contribution in [3.63, 3.8) is 0 Å². The summed E-state index contributed by atoms with van der Waals surface area (Å²) in [7, 11) is 0. The van der Waals surface area contributed by atoms with E-state index in [0.29, 0.717) is 11.3 Å². The molecule has 1 aliphatic rings. The van der Waals surface area contributed by atoms with Gasteiger partial charge in [0.05, 0.1) is 11.6 Å². The van der Waals surface area contributed by atoms with E-state index < -0.39 is 0 Å². The van der Waals surface area contributed by atoms with Crippen LogP contribution in [-0.4, -0.2) is 25.6 Å². The van der Waals surface area contributed by atoms with E-state index in [0.717, 1.165) is 29.9 Å². The minimum atomic E-state index is -0.194. The first kappa shape index (κ1) is 19.5. The molecule has 3 aromatic rings. The number of amides is 1. The van der Waals surface area contributed by atoms with Crippen molar-refractivity contribution in [1.29, 1.82) is 5.26 Å². The third kappa shape index (κ3) is 4.79. The second-order valence-electron chi connectivity index (χ2n) is 7.29. The number of hydrogen-bond acceptors (Lipinski definition) is 4. The van der Waals surface area contributed by atoms with E-state index in [1.807, 2.05) is 60.7 Å². The Hall–Kier alpha value is -3.78. The number of carbonyl (C=O) groups excluding carboxylic acids is 1. The third-order valence-corrected chi connectivity index (χ3v) is 5.19. The smallest absolute Gasteiger partial charge is 0.262 e. The van der Waals surface area contributed by atoms with Crippen LogP contribution in [0.3, 0.4) is 0 Å². The second-order valence-corrected chi connectivity index (χ2v) is 7.29. The molecular formula is C25H23N3O2. The third-order valence-electron chi connectivity index (χ3n) is 5.19. The van der Waals surface area contributed by atoms with Gasteiger partial charge in [-0.15, -0.1) is 0 Å². The fraction of sp³-hybridized carbons (Fsp3) is 0.200. The van der Waals surface area contributed by atoms with Crippen LogP contribution in [0.4, 0.5) is 11.4 Å². The molecule has 5 nitrogen and oxygen atoms in total. The van der Waals surface area contributed by atoms with Gasteiger partial charge in [-0.05, 0) is 72.5 Å². The first-order valence-corrected chi connectivity index (χ1v) is 10.1. The molecule has 1 heterocycles. The normalized spacial score (nSPS) is 13.0. The lowest BCUT2D eigenvalue weighted by molar-refractivity contribution is -0.118. The summed E-state index contributed by atoms with van der Waals surface area (Å²) in [6.45, 7) is 2.15. The summed E-state index contributed by atoms with van der Waals surface area (Å²) >= 11 is 0. The molecule has 3 aromatic carbocycles. The fourth-order valence-electron chi connectivity index (χ4n) is 3.56. The summed E-state index contributed by atoms with van der Waals surface area (Å²) in [5.41, 5.74) is 4.65. The number of nitriles is 1. The predicted octanol–water partition coefficient (Wildman–Crippen LogP) is 4.84. The van der Waals surface area contributed by atoms with Gasteiger partial charge in [0.15, 0.2) is 6.61 Å². The highest BCUT2D eigenvalue weighted by atomic mass is 16.5. The van der Waals surface area contributed by atoms with Gasteiger partial charge in [0.2, 0.25) is 0 Å². The van der Waals surface area contributed by atoms with Gasteiger partial charge >= 0.3 is 0 Å². The molecule has 0 aromatic heterocycles. The van der Waals surface area contributed by atoms with Crippen molar-refractivity contribution >= 4 is 17.3 Å². The maximum Gasteiger partial charge on any atom is 0.262 e. The van der Waals surface area contributed by atoms with Crippen LogP contribution in [0.25, 0.3) is 11.1 Å². The molecule has 1 amide bonds. The molecule has 1 saturated heterocycles. The molecule has 0 unspecified atom stereocenters. The Morgan fingerprint density at radius 3 is 2.10 bits per heavy atom. The minimum Gasteiger partial charge on any atom is -0.484 e. The lowest BCUT2D eigenvalue weighted by Gasteiger charge is -2.17. The van der Waals surface area contributed by atoms with Crippen molar-refractivity contribution in [2.75, 3.05) is 29.9 Å². The Bertz CT molecular complexity index is 1030. The molecule has 30 heavy (non-hydrogen) atoms. The van der Waals surface area contributed by atoms with E-state index in [4.69, 9.17) is 10.00 Å². The zero-order chi connectivity index (χ0) is 20.8. The molecule has 4 rings (SSSR count). The Morgan fingerprint density at radius 2 is 1.50 bits per heavy atom.